The number of nitrogens with zero attached hydrogens (tertiary/aromatic N) is 2. The molecule has 0 atom stereocenters. The van der Waals surface area contributed by atoms with Crippen molar-refractivity contribution in [3.63, 3.8) is 0 Å². The topological polar surface area (TPSA) is 76.4 Å². The number of nitrogens with one attached hydrogen (secondary N) is 1. The Morgan fingerprint density at radius 1 is 1.04 bits per heavy atom. The first-order valence-electron chi connectivity index (χ1n) is 7.98. The molecule has 132 valence electrons. The summed E-state index contributed by atoms with van der Waals surface area (Å²) in [5.41, 5.74) is 3.62. The number of methoxy groups -OCH3 is 3. The number of ether oxygens (including phenoxy) is 3. The second kappa shape index (κ2) is 7.19. The zero-order valence-electron chi connectivity index (χ0n) is 15.1. The molecular formula is C20H19N3O3. The molecule has 1 heterocycles. The Kier molecular flexibility index (Phi) is 4.81. The lowest BCUT2D eigenvalue weighted by Gasteiger charge is -2.16. The Balaban J connectivity index is 2.19. The molecule has 0 aliphatic heterocycles. The van der Waals surface area contributed by atoms with E-state index in [0.29, 0.717) is 28.3 Å². The molecule has 0 aliphatic carbocycles. The molecule has 26 heavy (non-hydrogen) atoms. The Bertz CT molecular complexity index is 1010. The van der Waals surface area contributed by atoms with Gasteiger partial charge in [0.25, 0.3) is 0 Å². The minimum Gasteiger partial charge on any atom is -0.497 e. The molecule has 2 aromatic carbocycles. The van der Waals surface area contributed by atoms with Crippen LogP contribution in [0.25, 0.3) is 10.9 Å². The summed E-state index contributed by atoms with van der Waals surface area (Å²) in [5, 5.41) is 13.7. The van der Waals surface area contributed by atoms with Crippen molar-refractivity contribution in [3.05, 3.63) is 47.7 Å². The van der Waals surface area contributed by atoms with Gasteiger partial charge in [-0.1, -0.05) is 0 Å². The fourth-order valence-corrected chi connectivity index (χ4v) is 2.84. The van der Waals surface area contributed by atoms with Gasteiger partial charge in [0.05, 0.1) is 32.6 Å². The monoisotopic (exact) mass is 349 g/mol. The standard InChI is InChI=1S/C20H19N3O3/c1-12-9-14(24-2)5-7-16(12)23-18-13(10-21)11-22-19-15(18)6-8-17(25-3)20(19)26-4/h5-9,11H,1-4H3,(H,22,23). The number of anilines is 2. The lowest BCUT2D eigenvalue weighted by atomic mass is 10.1. The number of fused-ring (bicyclic) bond motifs is 1. The average molecular weight is 349 g/mol. The summed E-state index contributed by atoms with van der Waals surface area (Å²) >= 11 is 0. The largest absolute Gasteiger partial charge is 0.497 e. The molecule has 1 aromatic heterocycles. The van der Waals surface area contributed by atoms with Crippen LogP contribution in [0.2, 0.25) is 0 Å². The molecule has 0 radical (unpaired) electrons. The highest BCUT2D eigenvalue weighted by Crippen LogP contribution is 2.39. The fourth-order valence-electron chi connectivity index (χ4n) is 2.84. The third-order valence-electron chi connectivity index (χ3n) is 4.19. The molecule has 6 heteroatoms. The molecule has 0 unspecified atom stereocenters. The van der Waals surface area contributed by atoms with Crippen LogP contribution in [0.15, 0.2) is 36.5 Å². The Labute approximate surface area is 151 Å². The summed E-state index contributed by atoms with van der Waals surface area (Å²) in [7, 11) is 4.77. The van der Waals surface area contributed by atoms with E-state index in [2.05, 4.69) is 16.4 Å². The van der Waals surface area contributed by atoms with Crippen molar-refractivity contribution < 1.29 is 14.2 Å². The van der Waals surface area contributed by atoms with Gasteiger partial charge in [-0.05, 0) is 42.8 Å². The highest BCUT2D eigenvalue weighted by molar-refractivity contribution is 6.00. The summed E-state index contributed by atoms with van der Waals surface area (Å²) in [5.74, 6) is 1.90. The summed E-state index contributed by atoms with van der Waals surface area (Å²) in [4.78, 5) is 4.40. The highest BCUT2D eigenvalue weighted by Gasteiger charge is 2.16. The molecule has 0 saturated heterocycles. The van der Waals surface area contributed by atoms with Crippen molar-refractivity contribution in [3.8, 4) is 23.3 Å². The van der Waals surface area contributed by atoms with Gasteiger partial charge in [-0.25, -0.2) is 0 Å². The van der Waals surface area contributed by atoms with Crippen LogP contribution < -0.4 is 19.5 Å². The van der Waals surface area contributed by atoms with E-state index in [9.17, 15) is 5.26 Å². The van der Waals surface area contributed by atoms with Crippen LogP contribution in [0, 0.1) is 18.3 Å². The second-order valence-corrected chi connectivity index (χ2v) is 5.66. The zero-order chi connectivity index (χ0) is 18.7. The van der Waals surface area contributed by atoms with Crippen molar-refractivity contribution in [2.24, 2.45) is 0 Å². The molecule has 0 bridgehead atoms. The van der Waals surface area contributed by atoms with E-state index >= 15 is 0 Å². The minimum atomic E-state index is 0.444. The highest BCUT2D eigenvalue weighted by atomic mass is 16.5. The van der Waals surface area contributed by atoms with Gasteiger partial charge in [0.15, 0.2) is 11.5 Å². The van der Waals surface area contributed by atoms with E-state index < -0.39 is 0 Å². The first-order chi connectivity index (χ1) is 12.6. The third kappa shape index (κ3) is 2.95. The normalized spacial score (nSPS) is 10.3. The van der Waals surface area contributed by atoms with Crippen LogP contribution in [0.3, 0.4) is 0 Å². The number of hydrogen-bond acceptors (Lipinski definition) is 6. The molecule has 3 aromatic rings. The molecular weight excluding hydrogens is 330 g/mol. The maximum absolute atomic E-state index is 9.53. The summed E-state index contributed by atoms with van der Waals surface area (Å²) in [6, 6.07) is 11.6. The van der Waals surface area contributed by atoms with E-state index in [1.54, 1.807) is 27.4 Å². The molecule has 0 spiro atoms. The first kappa shape index (κ1) is 17.4. The van der Waals surface area contributed by atoms with Gasteiger partial charge in [-0.3, -0.25) is 4.98 Å². The van der Waals surface area contributed by atoms with Crippen molar-refractivity contribution in [2.45, 2.75) is 6.92 Å². The Morgan fingerprint density at radius 2 is 1.85 bits per heavy atom. The van der Waals surface area contributed by atoms with Gasteiger partial charge in [-0.15, -0.1) is 0 Å². The SMILES string of the molecule is COc1ccc(Nc2c(C#N)cnc3c(OC)c(OC)ccc23)c(C)c1. The first-order valence-corrected chi connectivity index (χ1v) is 7.98. The van der Waals surface area contributed by atoms with E-state index in [1.807, 2.05) is 31.2 Å². The molecule has 0 saturated carbocycles. The predicted octanol–water partition coefficient (Wildman–Crippen LogP) is 4.18. The summed E-state index contributed by atoms with van der Waals surface area (Å²) in [6.45, 7) is 1.98. The van der Waals surface area contributed by atoms with Crippen molar-refractivity contribution in [1.82, 2.24) is 4.98 Å². The number of nitriles is 1. The summed E-state index contributed by atoms with van der Waals surface area (Å²) < 4.78 is 16.1. The average Bonchev–Trinajstić information content (AvgIpc) is 2.68. The number of aromatic nitrogens is 1. The fraction of sp³-hybridized carbons (Fsp3) is 0.200. The lowest BCUT2D eigenvalue weighted by Crippen LogP contribution is -2.00. The maximum Gasteiger partial charge on any atom is 0.187 e. The molecule has 0 fully saturated rings. The van der Waals surface area contributed by atoms with Gasteiger partial charge < -0.3 is 19.5 Å². The van der Waals surface area contributed by atoms with Crippen molar-refractivity contribution in [1.29, 1.82) is 5.26 Å². The number of aryl methyl sites for hydroxylation is 1. The van der Waals surface area contributed by atoms with Crippen LogP contribution in [0.4, 0.5) is 11.4 Å². The quantitative estimate of drug-likeness (QED) is 0.744. The maximum atomic E-state index is 9.53. The lowest BCUT2D eigenvalue weighted by molar-refractivity contribution is 0.358. The zero-order valence-corrected chi connectivity index (χ0v) is 15.1. The van der Waals surface area contributed by atoms with Gasteiger partial charge in [0.1, 0.15) is 17.3 Å². The van der Waals surface area contributed by atoms with Gasteiger partial charge in [0.2, 0.25) is 0 Å². The molecule has 1 N–H and O–H groups in total. The molecule has 3 rings (SSSR count). The van der Waals surface area contributed by atoms with Crippen LogP contribution >= 0.6 is 0 Å². The predicted molar refractivity (Wildman–Crippen MR) is 101 cm³/mol. The van der Waals surface area contributed by atoms with Crippen LogP contribution in [-0.4, -0.2) is 26.3 Å². The van der Waals surface area contributed by atoms with Gasteiger partial charge in [0, 0.05) is 17.3 Å². The number of rotatable bonds is 5. The number of benzene rings is 2. The minimum absolute atomic E-state index is 0.444. The third-order valence-corrected chi connectivity index (χ3v) is 4.19. The van der Waals surface area contributed by atoms with Crippen LogP contribution in [0.5, 0.6) is 17.2 Å². The van der Waals surface area contributed by atoms with Crippen molar-refractivity contribution >= 4 is 22.3 Å². The second-order valence-electron chi connectivity index (χ2n) is 5.66. The van der Waals surface area contributed by atoms with E-state index in [-0.39, 0.29) is 0 Å². The van der Waals surface area contributed by atoms with Gasteiger partial charge in [-0.2, -0.15) is 5.26 Å². The molecule has 0 amide bonds. The van der Waals surface area contributed by atoms with Crippen LogP contribution in [-0.2, 0) is 0 Å². The summed E-state index contributed by atoms with van der Waals surface area (Å²) in [6.07, 6.45) is 1.53. The van der Waals surface area contributed by atoms with E-state index in [4.69, 9.17) is 14.2 Å². The smallest absolute Gasteiger partial charge is 0.187 e. The van der Waals surface area contributed by atoms with Crippen LogP contribution in [0.1, 0.15) is 11.1 Å². The number of pyridine rings is 1. The Morgan fingerprint density at radius 3 is 2.46 bits per heavy atom. The molecule has 6 nitrogen and oxygen atoms in total. The number of hydrogen-bond donors (Lipinski definition) is 1. The molecule has 0 aliphatic rings. The van der Waals surface area contributed by atoms with Gasteiger partial charge >= 0.3 is 0 Å². The van der Waals surface area contributed by atoms with E-state index in [1.165, 1.54) is 6.20 Å². The van der Waals surface area contributed by atoms with Crippen molar-refractivity contribution in [2.75, 3.05) is 26.6 Å². The Hall–Kier alpha value is -3.46. The van der Waals surface area contributed by atoms with E-state index in [0.717, 1.165) is 22.4 Å².